The van der Waals surface area contributed by atoms with E-state index >= 15 is 0 Å². The van der Waals surface area contributed by atoms with Crippen molar-refractivity contribution in [2.45, 2.75) is 45.4 Å². The lowest BCUT2D eigenvalue weighted by molar-refractivity contribution is 0.300. The summed E-state index contributed by atoms with van der Waals surface area (Å²) in [6.07, 6.45) is 0. The lowest BCUT2D eigenvalue weighted by Gasteiger charge is -2.48. The highest BCUT2D eigenvalue weighted by atomic mass is 14.8. The Hall–Kier alpha value is -3.18. The lowest BCUT2D eigenvalue weighted by atomic mass is 9.55. The Morgan fingerprint density at radius 2 is 1.62 bits per heavy atom. The Morgan fingerprint density at radius 3 is 2.38 bits per heavy atom. The maximum atomic E-state index is 8.06. The molecule has 1 aliphatic carbocycles. The minimum absolute atomic E-state index is 0.163. The van der Waals surface area contributed by atoms with Gasteiger partial charge in [0, 0.05) is 5.39 Å². The quantitative estimate of drug-likeness (QED) is 0.291. The SMILES string of the molecule is [C-]#[N+]c1c2c(cc3ccc(C)cc13)-c1nc3ccccc3cc1C(C)(C)C2(C)C. The highest BCUT2D eigenvalue weighted by molar-refractivity contribution is 6.03. The number of hydrogen-bond donors (Lipinski definition) is 0. The standard InChI is InChI=1S/C27H24N2/c1-16-11-12-17-14-20-23(25(28-6)19(17)13-16)27(4,5)26(2,3)21-15-18-9-7-8-10-22(18)29-24(20)21/h7-15H,1-5H3. The van der Waals surface area contributed by atoms with Crippen molar-refractivity contribution in [3.63, 3.8) is 0 Å². The molecule has 0 atom stereocenters. The van der Waals surface area contributed by atoms with Gasteiger partial charge < -0.3 is 0 Å². The minimum atomic E-state index is -0.211. The van der Waals surface area contributed by atoms with Crippen LogP contribution < -0.4 is 0 Å². The van der Waals surface area contributed by atoms with E-state index in [0.717, 1.165) is 38.8 Å². The molecule has 142 valence electrons. The molecule has 0 fully saturated rings. The Bertz CT molecular complexity index is 1370. The van der Waals surface area contributed by atoms with Gasteiger partial charge in [-0.15, -0.1) is 0 Å². The summed E-state index contributed by atoms with van der Waals surface area (Å²) >= 11 is 0. The van der Waals surface area contributed by atoms with Crippen LogP contribution in [0.15, 0.2) is 54.6 Å². The van der Waals surface area contributed by atoms with Crippen molar-refractivity contribution in [1.29, 1.82) is 0 Å². The van der Waals surface area contributed by atoms with E-state index in [1.807, 2.05) is 6.07 Å². The van der Waals surface area contributed by atoms with E-state index in [-0.39, 0.29) is 10.8 Å². The number of hydrogen-bond acceptors (Lipinski definition) is 1. The van der Waals surface area contributed by atoms with Crippen LogP contribution in [0.5, 0.6) is 0 Å². The molecule has 1 aromatic heterocycles. The van der Waals surface area contributed by atoms with Gasteiger partial charge in [0.25, 0.3) is 0 Å². The summed E-state index contributed by atoms with van der Waals surface area (Å²) in [6.45, 7) is 19.3. The van der Waals surface area contributed by atoms with Crippen LogP contribution in [0.4, 0.5) is 5.69 Å². The molecule has 29 heavy (non-hydrogen) atoms. The third-order valence-corrected chi connectivity index (χ3v) is 7.22. The van der Waals surface area contributed by atoms with E-state index in [9.17, 15) is 0 Å². The summed E-state index contributed by atoms with van der Waals surface area (Å²) in [7, 11) is 0. The fraction of sp³-hybridized carbons (Fsp3) is 0.259. The first-order valence-corrected chi connectivity index (χ1v) is 10.1. The van der Waals surface area contributed by atoms with Gasteiger partial charge >= 0.3 is 0 Å². The van der Waals surface area contributed by atoms with Crippen molar-refractivity contribution in [3.8, 4) is 11.3 Å². The molecule has 0 aliphatic heterocycles. The van der Waals surface area contributed by atoms with Crippen LogP contribution in [-0.2, 0) is 10.8 Å². The van der Waals surface area contributed by atoms with Crippen molar-refractivity contribution >= 4 is 27.4 Å². The zero-order valence-corrected chi connectivity index (χ0v) is 17.6. The molecule has 1 aliphatic rings. The van der Waals surface area contributed by atoms with Crippen LogP contribution in [0.3, 0.4) is 0 Å². The summed E-state index contributed by atoms with van der Waals surface area (Å²) in [5, 5.41) is 3.32. The second kappa shape index (κ2) is 5.67. The molecule has 0 radical (unpaired) electrons. The van der Waals surface area contributed by atoms with Crippen molar-refractivity contribution in [1.82, 2.24) is 4.98 Å². The molecule has 5 rings (SSSR count). The van der Waals surface area contributed by atoms with Gasteiger partial charge in [-0.2, -0.15) is 0 Å². The number of fused-ring (bicyclic) bond motifs is 5. The van der Waals surface area contributed by atoms with Gasteiger partial charge in [-0.3, -0.25) is 0 Å². The molecule has 2 nitrogen and oxygen atoms in total. The van der Waals surface area contributed by atoms with Crippen molar-refractivity contribution < 1.29 is 0 Å². The number of para-hydroxylation sites is 1. The number of aryl methyl sites for hydroxylation is 1. The fourth-order valence-corrected chi connectivity index (χ4v) is 4.87. The second-order valence-electron chi connectivity index (χ2n) is 9.31. The first kappa shape index (κ1) is 17.9. The van der Waals surface area contributed by atoms with Gasteiger partial charge in [-0.05, 0) is 63.4 Å². The van der Waals surface area contributed by atoms with Crippen LogP contribution in [-0.4, -0.2) is 4.98 Å². The zero-order valence-electron chi connectivity index (χ0n) is 17.6. The highest BCUT2D eigenvalue weighted by Crippen LogP contribution is 2.57. The smallest absolute Gasteiger partial charge is 0.199 e. The van der Waals surface area contributed by atoms with Gasteiger partial charge in [0.1, 0.15) is 0 Å². The number of aromatic nitrogens is 1. The van der Waals surface area contributed by atoms with Crippen LogP contribution >= 0.6 is 0 Å². The summed E-state index contributed by atoms with van der Waals surface area (Å²) < 4.78 is 0. The number of rotatable bonds is 0. The molecular weight excluding hydrogens is 352 g/mol. The number of pyridine rings is 1. The lowest BCUT2D eigenvalue weighted by Crippen LogP contribution is -2.43. The molecule has 0 amide bonds. The van der Waals surface area contributed by atoms with Crippen molar-refractivity contribution in [2.24, 2.45) is 0 Å². The van der Waals surface area contributed by atoms with Crippen molar-refractivity contribution in [2.75, 3.05) is 0 Å². The summed E-state index contributed by atoms with van der Waals surface area (Å²) in [4.78, 5) is 9.19. The van der Waals surface area contributed by atoms with E-state index in [2.05, 4.69) is 88.0 Å². The average molecular weight is 377 g/mol. The van der Waals surface area contributed by atoms with E-state index < -0.39 is 0 Å². The number of nitrogens with zero attached hydrogens (tertiary/aromatic N) is 2. The molecule has 2 heteroatoms. The van der Waals surface area contributed by atoms with E-state index in [1.54, 1.807) is 0 Å². The number of benzene rings is 3. The van der Waals surface area contributed by atoms with Crippen LogP contribution in [0.1, 0.15) is 44.4 Å². The van der Waals surface area contributed by atoms with E-state index in [0.29, 0.717) is 0 Å². The largest absolute Gasteiger partial charge is 0.248 e. The Morgan fingerprint density at radius 1 is 0.862 bits per heavy atom. The fourth-order valence-electron chi connectivity index (χ4n) is 4.87. The molecule has 1 heterocycles. The predicted molar refractivity (Wildman–Crippen MR) is 122 cm³/mol. The topological polar surface area (TPSA) is 17.2 Å². The van der Waals surface area contributed by atoms with Crippen LogP contribution in [0.25, 0.3) is 37.8 Å². The summed E-state index contributed by atoms with van der Waals surface area (Å²) in [5.74, 6) is 0. The molecule has 0 N–H and O–H groups in total. The third-order valence-electron chi connectivity index (χ3n) is 7.22. The van der Waals surface area contributed by atoms with Gasteiger partial charge in [-0.1, -0.05) is 69.7 Å². The van der Waals surface area contributed by atoms with Crippen molar-refractivity contribution in [3.05, 3.63) is 82.7 Å². The summed E-state index contributed by atoms with van der Waals surface area (Å²) in [5.41, 5.74) is 7.11. The van der Waals surface area contributed by atoms with Gasteiger partial charge in [-0.25, -0.2) is 9.83 Å². The summed E-state index contributed by atoms with van der Waals surface area (Å²) in [6, 6.07) is 19.3. The Balaban J connectivity index is 2.02. The highest BCUT2D eigenvalue weighted by Gasteiger charge is 2.48. The van der Waals surface area contributed by atoms with Gasteiger partial charge in [0.15, 0.2) is 5.69 Å². The van der Waals surface area contributed by atoms with E-state index in [1.165, 1.54) is 16.5 Å². The predicted octanol–water partition coefficient (Wildman–Crippen LogP) is 7.48. The molecule has 0 saturated carbocycles. The molecule has 0 unspecified atom stereocenters. The normalized spacial score (nSPS) is 16.3. The molecular formula is C27H24N2. The molecule has 0 saturated heterocycles. The van der Waals surface area contributed by atoms with Gasteiger partial charge in [0.05, 0.1) is 17.8 Å². The minimum Gasteiger partial charge on any atom is -0.248 e. The Kier molecular flexibility index (Phi) is 3.50. The van der Waals surface area contributed by atoms with Gasteiger partial charge in [0.2, 0.25) is 0 Å². The zero-order chi connectivity index (χ0) is 20.6. The van der Waals surface area contributed by atoms with Crippen LogP contribution in [0.2, 0.25) is 0 Å². The maximum Gasteiger partial charge on any atom is 0.199 e. The first-order valence-electron chi connectivity index (χ1n) is 10.1. The molecule has 3 aromatic carbocycles. The van der Waals surface area contributed by atoms with Crippen LogP contribution in [0, 0.1) is 13.5 Å². The third kappa shape index (κ3) is 2.25. The molecule has 4 aromatic rings. The molecule has 0 spiro atoms. The first-order chi connectivity index (χ1) is 13.8. The molecule has 0 bridgehead atoms. The van der Waals surface area contributed by atoms with E-state index in [4.69, 9.17) is 11.6 Å². The maximum absolute atomic E-state index is 8.06. The Labute approximate surface area is 172 Å². The average Bonchev–Trinajstić information content (AvgIpc) is 2.70. The monoisotopic (exact) mass is 376 g/mol. The second-order valence-corrected chi connectivity index (χ2v) is 9.31.